The number of carbonyl (C=O) groups is 2. The van der Waals surface area contributed by atoms with Crippen molar-refractivity contribution >= 4 is 11.9 Å². The first-order valence-electron chi connectivity index (χ1n) is 5.03. The highest BCUT2D eigenvalue weighted by atomic mass is 16.6. The third-order valence-corrected chi connectivity index (χ3v) is 3.39. The van der Waals surface area contributed by atoms with Gasteiger partial charge in [-0.25, -0.2) is 0 Å². The molecule has 0 bridgehead atoms. The van der Waals surface area contributed by atoms with E-state index in [2.05, 4.69) is 0 Å². The number of fused-ring (bicyclic) bond motifs is 1. The summed E-state index contributed by atoms with van der Waals surface area (Å²) in [7, 11) is 0. The van der Waals surface area contributed by atoms with Crippen molar-refractivity contribution in [2.45, 2.75) is 18.9 Å². The molecule has 0 aromatic rings. The van der Waals surface area contributed by atoms with Gasteiger partial charge in [-0.2, -0.15) is 0 Å². The summed E-state index contributed by atoms with van der Waals surface area (Å²) >= 11 is 0. The van der Waals surface area contributed by atoms with Gasteiger partial charge in [0.05, 0.1) is 12.3 Å². The zero-order valence-electron chi connectivity index (χ0n) is 8.37. The lowest BCUT2D eigenvalue weighted by molar-refractivity contribution is -0.490. The number of aliphatic carboxylic acids is 1. The predicted molar refractivity (Wildman–Crippen MR) is 49.1 cm³/mol. The minimum Gasteiger partial charge on any atom is -0.481 e. The zero-order chi connectivity index (χ0) is 11.9. The first-order chi connectivity index (χ1) is 7.49. The monoisotopic (exact) mass is 229 g/mol. The number of nitro groups is 1. The van der Waals surface area contributed by atoms with E-state index < -0.39 is 35.4 Å². The van der Waals surface area contributed by atoms with Crippen molar-refractivity contribution in [3.05, 3.63) is 10.1 Å². The molecular formula is C9H11NO6. The van der Waals surface area contributed by atoms with Gasteiger partial charge in [0.15, 0.2) is 0 Å². The molecule has 2 fully saturated rings. The lowest BCUT2D eigenvalue weighted by Gasteiger charge is -2.14. The molecule has 0 radical (unpaired) electrons. The third-order valence-electron chi connectivity index (χ3n) is 3.39. The summed E-state index contributed by atoms with van der Waals surface area (Å²) in [5.41, 5.74) is 0. The molecule has 4 unspecified atom stereocenters. The van der Waals surface area contributed by atoms with E-state index in [0.717, 1.165) is 0 Å². The fourth-order valence-electron chi connectivity index (χ4n) is 2.72. The average Bonchev–Trinajstić information content (AvgIpc) is 2.63. The Bertz CT molecular complexity index is 354. The molecule has 2 rings (SSSR count). The van der Waals surface area contributed by atoms with Crippen molar-refractivity contribution in [2.75, 3.05) is 6.54 Å². The van der Waals surface area contributed by atoms with E-state index in [-0.39, 0.29) is 24.7 Å². The summed E-state index contributed by atoms with van der Waals surface area (Å²) < 4.78 is 4.95. The minimum absolute atomic E-state index is 0.104. The number of hydrogen-bond acceptors (Lipinski definition) is 5. The van der Waals surface area contributed by atoms with Gasteiger partial charge in [0.1, 0.15) is 6.10 Å². The van der Waals surface area contributed by atoms with Crippen LogP contribution in [0.15, 0.2) is 0 Å². The maximum Gasteiger partial charge on any atom is 0.307 e. The van der Waals surface area contributed by atoms with E-state index in [4.69, 9.17) is 9.84 Å². The summed E-state index contributed by atoms with van der Waals surface area (Å²) in [4.78, 5) is 31.9. The lowest BCUT2D eigenvalue weighted by atomic mass is 9.88. The van der Waals surface area contributed by atoms with Crippen LogP contribution in [0.5, 0.6) is 0 Å². The number of carbonyl (C=O) groups excluding carboxylic acids is 1. The van der Waals surface area contributed by atoms with Crippen molar-refractivity contribution in [1.29, 1.82) is 0 Å². The number of nitrogens with zero attached hydrogens (tertiary/aromatic N) is 1. The fourth-order valence-corrected chi connectivity index (χ4v) is 2.72. The van der Waals surface area contributed by atoms with Crippen LogP contribution < -0.4 is 0 Å². The Kier molecular flexibility index (Phi) is 2.53. The molecule has 1 heterocycles. The largest absolute Gasteiger partial charge is 0.481 e. The van der Waals surface area contributed by atoms with Crippen molar-refractivity contribution in [3.63, 3.8) is 0 Å². The van der Waals surface area contributed by atoms with Gasteiger partial charge in [-0.05, 0) is 6.42 Å². The smallest absolute Gasteiger partial charge is 0.307 e. The second-order valence-corrected chi connectivity index (χ2v) is 4.26. The van der Waals surface area contributed by atoms with Crippen LogP contribution in [0.3, 0.4) is 0 Å². The maximum absolute atomic E-state index is 11.0. The van der Waals surface area contributed by atoms with E-state index in [1.807, 2.05) is 0 Å². The van der Waals surface area contributed by atoms with Crippen molar-refractivity contribution in [3.8, 4) is 0 Å². The van der Waals surface area contributed by atoms with Gasteiger partial charge in [-0.15, -0.1) is 0 Å². The van der Waals surface area contributed by atoms with Gasteiger partial charge in [0, 0.05) is 16.8 Å². The highest BCUT2D eigenvalue weighted by molar-refractivity contribution is 5.75. The van der Waals surface area contributed by atoms with Crippen molar-refractivity contribution < 1.29 is 24.4 Å². The molecule has 2 aliphatic rings. The van der Waals surface area contributed by atoms with Crippen LogP contribution in [0, 0.1) is 27.9 Å². The molecule has 1 aliphatic heterocycles. The van der Waals surface area contributed by atoms with Gasteiger partial charge >= 0.3 is 11.9 Å². The van der Waals surface area contributed by atoms with Gasteiger partial charge in [-0.3, -0.25) is 19.7 Å². The van der Waals surface area contributed by atoms with Crippen LogP contribution in [0.25, 0.3) is 0 Å². The summed E-state index contributed by atoms with van der Waals surface area (Å²) in [5, 5.41) is 19.4. The molecule has 1 saturated carbocycles. The standard InChI is InChI=1S/C9H11NO6/c11-8-2-4-6(3-10(14)15)5(9(12)13)1-7(4)16-8/h4-7H,1-3H2,(H,12,13). The van der Waals surface area contributed by atoms with Crippen LogP contribution in [-0.2, 0) is 14.3 Å². The number of carboxylic acid groups (broad SMARTS) is 1. The molecular weight excluding hydrogens is 218 g/mol. The van der Waals surface area contributed by atoms with E-state index in [9.17, 15) is 19.7 Å². The van der Waals surface area contributed by atoms with E-state index >= 15 is 0 Å². The number of carboxylic acids is 1. The highest BCUT2D eigenvalue weighted by Crippen LogP contribution is 2.44. The topological polar surface area (TPSA) is 107 Å². The predicted octanol–water partition coefficient (Wildman–Crippen LogP) is -0.0845. The molecule has 0 amide bonds. The maximum atomic E-state index is 11.0. The molecule has 16 heavy (non-hydrogen) atoms. The summed E-state index contributed by atoms with van der Waals surface area (Å²) in [6.07, 6.45) is -0.143. The van der Waals surface area contributed by atoms with Crippen LogP contribution in [0.4, 0.5) is 0 Å². The van der Waals surface area contributed by atoms with E-state index in [1.165, 1.54) is 0 Å². The van der Waals surface area contributed by atoms with Gasteiger partial charge in [-0.1, -0.05) is 0 Å². The Hall–Kier alpha value is -1.66. The fraction of sp³-hybridized carbons (Fsp3) is 0.778. The zero-order valence-corrected chi connectivity index (χ0v) is 8.37. The molecule has 0 aromatic carbocycles. The Morgan fingerprint density at radius 1 is 1.62 bits per heavy atom. The number of hydrogen-bond donors (Lipinski definition) is 1. The van der Waals surface area contributed by atoms with Crippen LogP contribution >= 0.6 is 0 Å². The van der Waals surface area contributed by atoms with Crippen LogP contribution in [-0.4, -0.2) is 34.6 Å². The minimum atomic E-state index is -1.04. The Morgan fingerprint density at radius 3 is 2.88 bits per heavy atom. The molecule has 0 spiro atoms. The molecule has 7 heteroatoms. The number of rotatable bonds is 3. The van der Waals surface area contributed by atoms with Gasteiger partial charge < -0.3 is 9.84 Å². The Morgan fingerprint density at radius 2 is 2.31 bits per heavy atom. The normalized spacial score (nSPS) is 36.9. The first kappa shape index (κ1) is 10.8. The lowest BCUT2D eigenvalue weighted by Crippen LogP contribution is -2.29. The van der Waals surface area contributed by atoms with E-state index in [0.29, 0.717) is 0 Å². The molecule has 4 atom stereocenters. The second kappa shape index (κ2) is 3.73. The van der Waals surface area contributed by atoms with Crippen LogP contribution in [0.1, 0.15) is 12.8 Å². The van der Waals surface area contributed by atoms with Crippen LogP contribution in [0.2, 0.25) is 0 Å². The summed E-state index contributed by atoms with van der Waals surface area (Å²) in [5.74, 6) is -3.10. The first-order valence-corrected chi connectivity index (χ1v) is 5.03. The summed E-state index contributed by atoms with van der Waals surface area (Å²) in [6.45, 7) is -0.408. The SMILES string of the molecule is O=C1CC2C(CC(C(=O)O)C2C[N+](=O)[O-])O1. The van der Waals surface area contributed by atoms with Gasteiger partial charge in [0.2, 0.25) is 6.54 Å². The van der Waals surface area contributed by atoms with E-state index in [1.54, 1.807) is 0 Å². The van der Waals surface area contributed by atoms with Crippen molar-refractivity contribution in [1.82, 2.24) is 0 Å². The molecule has 1 aliphatic carbocycles. The molecule has 0 aromatic heterocycles. The van der Waals surface area contributed by atoms with Gasteiger partial charge in [0.25, 0.3) is 0 Å². The molecule has 7 nitrogen and oxygen atoms in total. The second-order valence-electron chi connectivity index (χ2n) is 4.26. The highest BCUT2D eigenvalue weighted by Gasteiger charge is 2.54. The average molecular weight is 229 g/mol. The van der Waals surface area contributed by atoms with Crippen molar-refractivity contribution in [2.24, 2.45) is 17.8 Å². The molecule has 88 valence electrons. The number of ether oxygens (including phenoxy) is 1. The third kappa shape index (κ3) is 1.72. The molecule has 1 N–H and O–H groups in total. The Balaban J connectivity index is 2.17. The number of esters is 1. The quantitative estimate of drug-likeness (QED) is 0.412. The Labute approximate surface area is 90.5 Å². The summed E-state index contributed by atoms with van der Waals surface area (Å²) in [6, 6.07) is 0. The molecule has 1 saturated heterocycles.